The van der Waals surface area contributed by atoms with Crippen molar-refractivity contribution >= 4 is 11.9 Å². The van der Waals surface area contributed by atoms with E-state index in [1.54, 1.807) is 0 Å². The SMILES string of the molecule is CC(C)CC(CC(C)C)=C(CCC(=O)O)C(=O)O. The van der Waals surface area contributed by atoms with Gasteiger partial charge >= 0.3 is 11.9 Å². The van der Waals surface area contributed by atoms with Crippen LogP contribution in [0.4, 0.5) is 0 Å². The Bertz CT molecular complexity index is 315. The summed E-state index contributed by atoms with van der Waals surface area (Å²) in [7, 11) is 0. The lowest BCUT2D eigenvalue weighted by Crippen LogP contribution is -2.10. The molecule has 0 saturated carbocycles. The Morgan fingerprint density at radius 1 is 0.889 bits per heavy atom. The second-order valence-electron chi connectivity index (χ2n) is 5.48. The molecule has 18 heavy (non-hydrogen) atoms. The van der Waals surface area contributed by atoms with Gasteiger partial charge in [0.2, 0.25) is 0 Å². The van der Waals surface area contributed by atoms with Gasteiger partial charge in [0, 0.05) is 12.0 Å². The third-order valence-electron chi connectivity index (χ3n) is 2.58. The molecule has 0 heterocycles. The van der Waals surface area contributed by atoms with Gasteiger partial charge in [-0.05, 0) is 31.1 Å². The summed E-state index contributed by atoms with van der Waals surface area (Å²) in [6.07, 6.45) is 1.43. The van der Waals surface area contributed by atoms with Gasteiger partial charge < -0.3 is 10.2 Å². The van der Waals surface area contributed by atoms with Crippen LogP contribution in [0.1, 0.15) is 53.4 Å². The minimum Gasteiger partial charge on any atom is -0.481 e. The molecule has 0 fully saturated rings. The molecule has 0 atom stereocenters. The largest absolute Gasteiger partial charge is 0.481 e. The molecule has 2 N–H and O–H groups in total. The van der Waals surface area contributed by atoms with Crippen LogP contribution in [-0.2, 0) is 9.59 Å². The van der Waals surface area contributed by atoms with E-state index < -0.39 is 11.9 Å². The van der Waals surface area contributed by atoms with Crippen molar-refractivity contribution in [2.24, 2.45) is 11.8 Å². The molecule has 0 spiro atoms. The van der Waals surface area contributed by atoms with Gasteiger partial charge in [-0.25, -0.2) is 4.79 Å². The molecule has 0 rings (SSSR count). The maximum Gasteiger partial charge on any atom is 0.331 e. The monoisotopic (exact) mass is 256 g/mol. The van der Waals surface area contributed by atoms with Crippen molar-refractivity contribution in [3.05, 3.63) is 11.1 Å². The van der Waals surface area contributed by atoms with Gasteiger partial charge in [-0.3, -0.25) is 4.79 Å². The molecule has 0 aliphatic rings. The quantitative estimate of drug-likeness (QED) is 0.653. The molecule has 0 aliphatic carbocycles. The van der Waals surface area contributed by atoms with E-state index in [-0.39, 0.29) is 12.8 Å². The van der Waals surface area contributed by atoms with Crippen LogP contribution in [0.25, 0.3) is 0 Å². The van der Waals surface area contributed by atoms with Gasteiger partial charge in [0.15, 0.2) is 0 Å². The fraction of sp³-hybridized carbons (Fsp3) is 0.714. The molecule has 0 aromatic heterocycles. The summed E-state index contributed by atoms with van der Waals surface area (Å²) in [5, 5.41) is 17.9. The minimum absolute atomic E-state index is 0.111. The second kappa shape index (κ2) is 7.90. The van der Waals surface area contributed by atoms with Gasteiger partial charge in [0.05, 0.1) is 0 Å². The fourth-order valence-corrected chi connectivity index (χ4v) is 1.98. The molecule has 0 radical (unpaired) electrons. The van der Waals surface area contributed by atoms with Crippen LogP contribution in [-0.4, -0.2) is 22.2 Å². The normalized spacial score (nSPS) is 10.8. The summed E-state index contributed by atoms with van der Waals surface area (Å²) in [5.41, 5.74) is 1.19. The van der Waals surface area contributed by atoms with E-state index in [0.29, 0.717) is 17.4 Å². The molecule has 0 bridgehead atoms. The Morgan fingerprint density at radius 2 is 1.33 bits per heavy atom. The van der Waals surface area contributed by atoms with E-state index in [0.717, 1.165) is 18.4 Å². The standard InChI is InChI=1S/C14H24O4/c1-9(2)7-11(8-10(3)4)12(14(17)18)5-6-13(15)16/h9-10H,5-8H2,1-4H3,(H,15,16)(H,17,18). The summed E-state index contributed by atoms with van der Waals surface area (Å²) in [6.45, 7) is 8.15. The first-order chi connectivity index (χ1) is 8.23. The Morgan fingerprint density at radius 3 is 1.61 bits per heavy atom. The van der Waals surface area contributed by atoms with E-state index in [2.05, 4.69) is 0 Å². The highest BCUT2D eigenvalue weighted by molar-refractivity contribution is 5.88. The number of carbonyl (C=O) groups is 2. The van der Waals surface area contributed by atoms with Crippen LogP contribution < -0.4 is 0 Å². The zero-order valence-corrected chi connectivity index (χ0v) is 11.7. The Labute approximate surface area is 109 Å². The molecule has 0 saturated heterocycles. The minimum atomic E-state index is -0.979. The summed E-state index contributed by atoms with van der Waals surface area (Å²) in [6, 6.07) is 0. The Hall–Kier alpha value is -1.32. The average Bonchev–Trinajstić information content (AvgIpc) is 2.14. The fourth-order valence-electron chi connectivity index (χ4n) is 1.98. The number of rotatable bonds is 8. The number of carboxylic acid groups (broad SMARTS) is 2. The van der Waals surface area contributed by atoms with Gasteiger partial charge in [-0.15, -0.1) is 0 Å². The average molecular weight is 256 g/mol. The third kappa shape index (κ3) is 7.09. The first kappa shape index (κ1) is 16.7. The summed E-state index contributed by atoms with van der Waals surface area (Å²) >= 11 is 0. The van der Waals surface area contributed by atoms with Crippen LogP contribution in [0.2, 0.25) is 0 Å². The van der Waals surface area contributed by atoms with Crippen molar-refractivity contribution in [2.45, 2.75) is 53.4 Å². The zero-order chi connectivity index (χ0) is 14.3. The highest BCUT2D eigenvalue weighted by Gasteiger charge is 2.17. The first-order valence-electron chi connectivity index (χ1n) is 6.40. The molecular formula is C14H24O4. The van der Waals surface area contributed by atoms with Crippen molar-refractivity contribution in [3.8, 4) is 0 Å². The predicted octanol–water partition coefficient (Wildman–Crippen LogP) is 3.32. The van der Waals surface area contributed by atoms with Crippen molar-refractivity contribution in [1.29, 1.82) is 0 Å². The van der Waals surface area contributed by atoms with Crippen molar-refractivity contribution in [1.82, 2.24) is 0 Å². The van der Waals surface area contributed by atoms with Gasteiger partial charge in [-0.2, -0.15) is 0 Å². The van der Waals surface area contributed by atoms with E-state index in [9.17, 15) is 14.7 Å². The number of carboxylic acids is 2. The summed E-state index contributed by atoms with van der Waals surface area (Å²) in [4.78, 5) is 21.8. The predicted molar refractivity (Wildman–Crippen MR) is 70.4 cm³/mol. The van der Waals surface area contributed by atoms with Gasteiger partial charge in [0.25, 0.3) is 0 Å². The van der Waals surface area contributed by atoms with Gasteiger partial charge in [-0.1, -0.05) is 33.3 Å². The Kier molecular flexibility index (Phi) is 7.32. The van der Waals surface area contributed by atoms with Gasteiger partial charge in [0.1, 0.15) is 0 Å². The first-order valence-corrected chi connectivity index (χ1v) is 6.40. The van der Waals surface area contributed by atoms with E-state index >= 15 is 0 Å². The number of allylic oxidation sites excluding steroid dienone is 1. The molecule has 0 aliphatic heterocycles. The number of aliphatic carboxylic acids is 2. The number of hydrogen-bond donors (Lipinski definition) is 2. The van der Waals surface area contributed by atoms with Crippen LogP contribution in [0.3, 0.4) is 0 Å². The molecule has 4 nitrogen and oxygen atoms in total. The Balaban J connectivity index is 5.12. The van der Waals surface area contributed by atoms with Crippen LogP contribution in [0.15, 0.2) is 11.1 Å². The summed E-state index contributed by atoms with van der Waals surface area (Å²) < 4.78 is 0. The van der Waals surface area contributed by atoms with E-state index in [4.69, 9.17) is 5.11 Å². The molecule has 0 unspecified atom stereocenters. The smallest absolute Gasteiger partial charge is 0.331 e. The lowest BCUT2D eigenvalue weighted by molar-refractivity contribution is -0.137. The second-order valence-corrected chi connectivity index (χ2v) is 5.48. The van der Waals surface area contributed by atoms with Crippen LogP contribution in [0.5, 0.6) is 0 Å². The highest BCUT2D eigenvalue weighted by Crippen LogP contribution is 2.25. The third-order valence-corrected chi connectivity index (χ3v) is 2.58. The van der Waals surface area contributed by atoms with E-state index in [1.807, 2.05) is 27.7 Å². The van der Waals surface area contributed by atoms with Crippen LogP contribution >= 0.6 is 0 Å². The molecule has 0 aromatic carbocycles. The maximum atomic E-state index is 11.3. The zero-order valence-electron chi connectivity index (χ0n) is 11.7. The van der Waals surface area contributed by atoms with Crippen molar-refractivity contribution in [3.63, 3.8) is 0 Å². The van der Waals surface area contributed by atoms with Crippen molar-refractivity contribution < 1.29 is 19.8 Å². The molecule has 104 valence electrons. The highest BCUT2D eigenvalue weighted by atomic mass is 16.4. The topological polar surface area (TPSA) is 74.6 Å². The van der Waals surface area contributed by atoms with Crippen molar-refractivity contribution in [2.75, 3.05) is 0 Å². The molecule has 0 aromatic rings. The lowest BCUT2D eigenvalue weighted by atomic mass is 9.89. The van der Waals surface area contributed by atoms with E-state index in [1.165, 1.54) is 0 Å². The number of hydrogen-bond acceptors (Lipinski definition) is 2. The van der Waals surface area contributed by atoms with Crippen LogP contribution in [0, 0.1) is 11.8 Å². The molecule has 4 heteroatoms. The molecule has 0 amide bonds. The lowest BCUT2D eigenvalue weighted by Gasteiger charge is -2.16. The maximum absolute atomic E-state index is 11.3. The summed E-state index contributed by atoms with van der Waals surface area (Å²) in [5.74, 6) is -1.19. The molecular weight excluding hydrogens is 232 g/mol.